The number of carboxylic acid groups (broad SMARTS) is 1. The van der Waals surface area contributed by atoms with Crippen LogP contribution >= 0.6 is 8.61 Å². The van der Waals surface area contributed by atoms with Crippen molar-refractivity contribution in [2.45, 2.75) is 37.5 Å². The number of carboxylic acids is 1. The average Bonchev–Trinajstić information content (AvgIpc) is 3.17. The Bertz CT molecular complexity index is 1080. The van der Waals surface area contributed by atoms with E-state index in [9.17, 15) is 24.1 Å². The highest BCUT2D eigenvalue weighted by molar-refractivity contribution is 7.21. The Morgan fingerprint density at radius 1 is 1.35 bits per heavy atom. The van der Waals surface area contributed by atoms with Crippen molar-refractivity contribution in [3.63, 3.8) is 0 Å². The molecule has 0 aliphatic carbocycles. The van der Waals surface area contributed by atoms with Gasteiger partial charge in [0.1, 0.15) is 36.6 Å². The van der Waals surface area contributed by atoms with Gasteiger partial charge >= 0.3 is 17.6 Å². The molecule has 0 saturated carbocycles. The lowest BCUT2D eigenvalue weighted by Crippen LogP contribution is -2.56. The van der Waals surface area contributed by atoms with Crippen molar-refractivity contribution in [3.05, 3.63) is 53.1 Å². The van der Waals surface area contributed by atoms with Crippen LogP contribution in [-0.4, -0.2) is 57.7 Å². The molecule has 2 aromatic rings. The van der Waals surface area contributed by atoms with Gasteiger partial charge in [0.05, 0.1) is 6.61 Å². The fourth-order valence-corrected chi connectivity index (χ4v) is 3.65. The fourth-order valence-electron chi connectivity index (χ4n) is 3.28. The van der Waals surface area contributed by atoms with E-state index in [1.807, 2.05) is 0 Å². The average molecular weight is 494 g/mol. The minimum absolute atomic E-state index is 0.0307. The van der Waals surface area contributed by atoms with Gasteiger partial charge in [-0.3, -0.25) is 13.9 Å². The van der Waals surface area contributed by atoms with Crippen LogP contribution in [0.4, 0.5) is 5.82 Å². The number of benzene rings is 1. The molecular weight excluding hydrogens is 471 g/mol. The van der Waals surface area contributed by atoms with E-state index in [1.165, 1.54) is 23.8 Å². The number of nitrogen functional groups attached to an aromatic ring is 1. The minimum atomic E-state index is -2.22. The van der Waals surface area contributed by atoms with Crippen molar-refractivity contribution < 1.29 is 38.2 Å². The Morgan fingerprint density at radius 2 is 2.09 bits per heavy atom. The van der Waals surface area contributed by atoms with E-state index in [4.69, 9.17) is 24.7 Å². The van der Waals surface area contributed by atoms with Crippen LogP contribution in [-0.2, 0) is 28.4 Å². The Kier molecular flexibility index (Phi) is 8.29. The number of esters is 1. The summed E-state index contributed by atoms with van der Waals surface area (Å²) in [5.74, 6) is -1.70. The number of anilines is 1. The maximum absolute atomic E-state index is 12.2. The van der Waals surface area contributed by atoms with Crippen LogP contribution in [0, 0.1) is 0 Å². The Hall–Kier alpha value is -3.38. The summed E-state index contributed by atoms with van der Waals surface area (Å²) in [6.45, 7) is 0.255. The summed E-state index contributed by atoms with van der Waals surface area (Å²) in [4.78, 5) is 39.5. The molecule has 1 aliphatic heterocycles. The van der Waals surface area contributed by atoms with E-state index in [1.54, 1.807) is 30.3 Å². The highest BCUT2D eigenvalue weighted by atomic mass is 31.1. The van der Waals surface area contributed by atoms with Crippen molar-refractivity contribution >= 4 is 26.4 Å². The number of aliphatic carboxylic acids is 1. The largest absolute Gasteiger partial charge is 0.488 e. The van der Waals surface area contributed by atoms with Gasteiger partial charge in [-0.2, -0.15) is 10.1 Å². The molecule has 3 rings (SSSR count). The third-order valence-electron chi connectivity index (χ3n) is 4.91. The number of hydrogen-bond donors (Lipinski definition) is 3. The zero-order valence-corrected chi connectivity index (χ0v) is 18.9. The number of para-hydroxylation sites is 1. The zero-order chi connectivity index (χ0) is 24.7. The number of rotatable bonds is 11. The second-order valence-corrected chi connectivity index (χ2v) is 7.71. The first kappa shape index (κ1) is 25.2. The maximum atomic E-state index is 12.2. The van der Waals surface area contributed by atoms with Crippen LogP contribution in [0.3, 0.4) is 0 Å². The molecule has 4 N–H and O–H groups in total. The smallest absolute Gasteiger partial charge is 0.355 e. The molecule has 2 heterocycles. The van der Waals surface area contributed by atoms with Gasteiger partial charge in [-0.25, -0.2) is 9.59 Å². The summed E-state index contributed by atoms with van der Waals surface area (Å²) in [5.41, 5.74) is 2.62. The van der Waals surface area contributed by atoms with Crippen LogP contribution in [0.1, 0.15) is 19.6 Å². The van der Waals surface area contributed by atoms with Gasteiger partial charge in [0.2, 0.25) is 8.61 Å². The van der Waals surface area contributed by atoms with Crippen LogP contribution in [0.2, 0.25) is 0 Å². The first-order valence-corrected chi connectivity index (χ1v) is 10.9. The van der Waals surface area contributed by atoms with Gasteiger partial charge in [0, 0.05) is 19.5 Å². The van der Waals surface area contributed by atoms with Gasteiger partial charge in [-0.15, -0.1) is 0 Å². The van der Waals surface area contributed by atoms with Gasteiger partial charge in [-0.05, 0) is 18.2 Å². The SMILES string of the molecule is CC(=O)O[C@H]1C[C@H](n2ccc(N)nc2=O)O[C@@H]1COC(COc1ccccc1)(NP=O)C(=O)O. The Labute approximate surface area is 195 Å². The Balaban J connectivity index is 1.77. The molecule has 1 saturated heterocycles. The lowest BCUT2D eigenvalue weighted by atomic mass is 10.1. The number of carbonyl (C=O) groups is 2. The number of carbonyl (C=O) groups excluding carboxylic acids is 1. The molecule has 0 bridgehead atoms. The van der Waals surface area contributed by atoms with Crippen molar-refractivity contribution in [3.8, 4) is 5.75 Å². The van der Waals surface area contributed by atoms with Gasteiger partial charge in [-0.1, -0.05) is 18.2 Å². The summed E-state index contributed by atoms with van der Waals surface area (Å²) >= 11 is 0. The molecule has 13 nitrogen and oxygen atoms in total. The van der Waals surface area contributed by atoms with E-state index >= 15 is 0 Å². The number of ether oxygens (including phenoxy) is 4. The van der Waals surface area contributed by atoms with Gasteiger partial charge in [0.25, 0.3) is 5.72 Å². The molecule has 1 aliphatic rings. The predicted molar refractivity (Wildman–Crippen MR) is 116 cm³/mol. The summed E-state index contributed by atoms with van der Waals surface area (Å²) in [5, 5.41) is 12.0. The molecule has 1 unspecified atom stereocenters. The third-order valence-corrected chi connectivity index (χ3v) is 5.36. The van der Waals surface area contributed by atoms with Gasteiger partial charge < -0.3 is 29.8 Å². The van der Waals surface area contributed by atoms with Crippen LogP contribution in [0.5, 0.6) is 5.75 Å². The van der Waals surface area contributed by atoms with Crippen molar-refractivity contribution in [2.75, 3.05) is 18.9 Å². The van der Waals surface area contributed by atoms with E-state index in [0.29, 0.717) is 5.75 Å². The molecule has 34 heavy (non-hydrogen) atoms. The first-order valence-electron chi connectivity index (χ1n) is 10.1. The Morgan fingerprint density at radius 3 is 2.71 bits per heavy atom. The second kappa shape index (κ2) is 11.2. The second-order valence-electron chi connectivity index (χ2n) is 7.30. The highest BCUT2D eigenvalue weighted by Crippen LogP contribution is 2.31. The molecule has 1 aromatic carbocycles. The molecular formula is C20H23N4O9P. The van der Waals surface area contributed by atoms with Gasteiger partial charge in [0.15, 0.2) is 0 Å². The monoisotopic (exact) mass is 494 g/mol. The topological polar surface area (TPSA) is 181 Å². The molecule has 0 amide bonds. The third kappa shape index (κ3) is 6.14. The minimum Gasteiger partial charge on any atom is -0.488 e. The number of aromatic nitrogens is 2. The molecule has 1 fully saturated rings. The van der Waals surface area contributed by atoms with Crippen molar-refractivity contribution in [2.24, 2.45) is 0 Å². The molecule has 0 radical (unpaired) electrons. The number of nitrogens with zero attached hydrogens (tertiary/aromatic N) is 2. The quantitative estimate of drug-likeness (QED) is 0.226. The summed E-state index contributed by atoms with van der Waals surface area (Å²) < 4.78 is 34.7. The fraction of sp³-hybridized carbons (Fsp3) is 0.400. The normalized spacial score (nSPS) is 21.6. The summed E-state index contributed by atoms with van der Waals surface area (Å²) in [6.07, 6.45) is -1.23. The number of nitrogens with one attached hydrogen (secondary N) is 1. The van der Waals surface area contributed by atoms with E-state index < -0.39 is 63.6 Å². The first-order chi connectivity index (χ1) is 16.2. The lowest BCUT2D eigenvalue weighted by Gasteiger charge is -2.29. The van der Waals surface area contributed by atoms with E-state index in [2.05, 4.69) is 10.1 Å². The van der Waals surface area contributed by atoms with Crippen LogP contribution in [0.25, 0.3) is 0 Å². The lowest BCUT2D eigenvalue weighted by molar-refractivity contribution is -0.184. The van der Waals surface area contributed by atoms with Crippen LogP contribution < -0.4 is 21.2 Å². The number of nitrogens with two attached hydrogens (primary N) is 1. The van der Waals surface area contributed by atoms with Crippen molar-refractivity contribution in [1.29, 1.82) is 0 Å². The maximum Gasteiger partial charge on any atom is 0.355 e. The molecule has 4 atom stereocenters. The molecule has 14 heteroatoms. The molecule has 1 aromatic heterocycles. The predicted octanol–water partition coefficient (Wildman–Crippen LogP) is 0.718. The van der Waals surface area contributed by atoms with Crippen molar-refractivity contribution in [1.82, 2.24) is 14.6 Å². The van der Waals surface area contributed by atoms with E-state index in [-0.39, 0.29) is 12.2 Å². The summed E-state index contributed by atoms with van der Waals surface area (Å²) in [6, 6.07) is 9.78. The van der Waals surface area contributed by atoms with Crippen LogP contribution in [0.15, 0.2) is 47.4 Å². The molecule has 182 valence electrons. The van der Waals surface area contributed by atoms with E-state index in [0.717, 1.165) is 0 Å². The molecule has 0 spiro atoms. The summed E-state index contributed by atoms with van der Waals surface area (Å²) in [7, 11) is -0.719. The zero-order valence-electron chi connectivity index (χ0n) is 18.0. The standard InChI is InChI=1S/C20H23N4O9P/c1-12(25)32-14-9-17(24-8-7-16(21)22-19(24)28)33-15(14)10-31-20(18(26)27,23-34-29)11-30-13-5-3-2-4-6-13/h2-8,14-15,17H,9-11H2,1H3,(H,23,29)(H,26,27)(H2,21,22,28)/t14-,15+,17+,20?/m0/s1. The number of hydrogen-bond acceptors (Lipinski definition) is 10. The highest BCUT2D eigenvalue weighted by Gasteiger charge is 2.45.